The van der Waals surface area contributed by atoms with Gasteiger partial charge in [-0.25, -0.2) is 0 Å². The van der Waals surface area contributed by atoms with Gasteiger partial charge in [0.1, 0.15) is 0 Å². The summed E-state index contributed by atoms with van der Waals surface area (Å²) in [5.74, 6) is 0.102. The second kappa shape index (κ2) is 6.96. The number of carbonyl (C=O) groups is 1. The van der Waals surface area contributed by atoms with Crippen molar-refractivity contribution in [3.05, 3.63) is 28.2 Å². The Morgan fingerprint density at radius 3 is 2.85 bits per heavy atom. The third-order valence-electron chi connectivity index (χ3n) is 3.82. The van der Waals surface area contributed by atoms with Crippen LogP contribution >= 0.6 is 28.6 Å². The summed E-state index contributed by atoms with van der Waals surface area (Å²) in [5.41, 5.74) is 0.694. The number of carbonyl (C=O) groups excluding carboxylic acids is 1. The second-order valence-electron chi connectivity index (χ2n) is 5.34. The average molecular weight is 357 g/mol. The first-order valence-corrected chi connectivity index (χ1v) is 8.25. The molecule has 0 radical (unpaired) electrons. The number of rotatable bonds is 2. The fourth-order valence-corrected chi connectivity index (χ4v) is 3.55. The molecule has 0 N–H and O–H groups in total. The molecule has 1 saturated heterocycles. The molecule has 1 amide bonds. The van der Waals surface area contributed by atoms with Crippen molar-refractivity contribution in [2.75, 3.05) is 26.7 Å². The summed E-state index contributed by atoms with van der Waals surface area (Å²) in [5, 5.41) is 0. The minimum absolute atomic E-state index is 0.102. The lowest BCUT2D eigenvalue weighted by Crippen LogP contribution is -2.43. The third kappa shape index (κ3) is 3.57. The molecule has 1 fully saturated rings. The van der Waals surface area contributed by atoms with Crippen LogP contribution in [0.5, 0.6) is 0 Å². The summed E-state index contributed by atoms with van der Waals surface area (Å²) < 4.78 is 0.946. The zero-order valence-electron chi connectivity index (χ0n) is 12.0. The molecular formula is C15H21BrN2OS. The van der Waals surface area contributed by atoms with Gasteiger partial charge in [-0.3, -0.25) is 4.79 Å². The van der Waals surface area contributed by atoms with E-state index in [0.717, 1.165) is 41.8 Å². The van der Waals surface area contributed by atoms with Gasteiger partial charge in [0, 0.05) is 28.5 Å². The van der Waals surface area contributed by atoms with E-state index in [4.69, 9.17) is 0 Å². The van der Waals surface area contributed by atoms with E-state index in [1.54, 1.807) is 0 Å². The summed E-state index contributed by atoms with van der Waals surface area (Å²) in [6.07, 6.45) is 2.01. The largest absolute Gasteiger partial charge is 0.334 e. The molecule has 3 nitrogen and oxygen atoms in total. The first-order valence-electron chi connectivity index (χ1n) is 7.01. The molecule has 1 aromatic rings. The Kier molecular flexibility index (Phi) is 5.52. The van der Waals surface area contributed by atoms with Crippen LogP contribution in [0.3, 0.4) is 0 Å². The average Bonchev–Trinajstić information content (AvgIpc) is 2.59. The van der Waals surface area contributed by atoms with E-state index in [9.17, 15) is 4.79 Å². The molecule has 0 bridgehead atoms. The highest BCUT2D eigenvalue weighted by atomic mass is 79.9. The first-order chi connectivity index (χ1) is 9.52. The van der Waals surface area contributed by atoms with Crippen molar-refractivity contribution in [3.8, 4) is 0 Å². The standard InChI is InChI=1S/C15H21BrN2OS/c1-3-12-10-17(2)7-4-8-18(12)15(19)13-6-5-11(16)9-14(13)20/h5-6,9,12,20H,3-4,7-8,10H2,1-2H3. The van der Waals surface area contributed by atoms with Crippen molar-refractivity contribution in [1.82, 2.24) is 9.80 Å². The lowest BCUT2D eigenvalue weighted by atomic mass is 10.1. The van der Waals surface area contributed by atoms with Crippen LogP contribution in [0.2, 0.25) is 0 Å². The molecule has 1 unspecified atom stereocenters. The Balaban J connectivity index is 2.25. The topological polar surface area (TPSA) is 23.6 Å². The zero-order chi connectivity index (χ0) is 14.7. The van der Waals surface area contributed by atoms with Gasteiger partial charge in [0.2, 0.25) is 0 Å². The summed E-state index contributed by atoms with van der Waals surface area (Å²) >= 11 is 7.85. The highest BCUT2D eigenvalue weighted by molar-refractivity contribution is 9.10. The van der Waals surface area contributed by atoms with Crippen LogP contribution < -0.4 is 0 Å². The fraction of sp³-hybridized carbons (Fsp3) is 0.533. The van der Waals surface area contributed by atoms with E-state index in [1.807, 2.05) is 23.1 Å². The van der Waals surface area contributed by atoms with Crippen LogP contribution in [-0.4, -0.2) is 48.4 Å². The Morgan fingerprint density at radius 1 is 1.45 bits per heavy atom. The van der Waals surface area contributed by atoms with Gasteiger partial charge in [-0.15, -0.1) is 12.6 Å². The summed E-state index contributed by atoms with van der Waals surface area (Å²) in [6, 6.07) is 5.92. The van der Waals surface area contributed by atoms with Gasteiger partial charge in [0.05, 0.1) is 5.56 Å². The molecule has 0 spiro atoms. The maximum atomic E-state index is 12.8. The van der Waals surface area contributed by atoms with Crippen molar-refractivity contribution in [1.29, 1.82) is 0 Å². The number of amides is 1. The minimum atomic E-state index is 0.102. The van der Waals surface area contributed by atoms with E-state index in [2.05, 4.69) is 47.4 Å². The highest BCUT2D eigenvalue weighted by Crippen LogP contribution is 2.23. The van der Waals surface area contributed by atoms with E-state index >= 15 is 0 Å². The molecule has 2 rings (SSSR count). The van der Waals surface area contributed by atoms with Crippen molar-refractivity contribution in [2.24, 2.45) is 0 Å². The maximum absolute atomic E-state index is 12.8. The fourth-order valence-electron chi connectivity index (χ4n) is 2.70. The number of thiol groups is 1. The van der Waals surface area contributed by atoms with Gasteiger partial charge in [-0.1, -0.05) is 22.9 Å². The van der Waals surface area contributed by atoms with E-state index < -0.39 is 0 Å². The normalized spacial score (nSPS) is 20.8. The molecule has 5 heteroatoms. The molecule has 0 aliphatic carbocycles. The number of halogens is 1. The number of nitrogens with zero attached hydrogens (tertiary/aromatic N) is 2. The zero-order valence-corrected chi connectivity index (χ0v) is 14.5. The third-order valence-corrected chi connectivity index (χ3v) is 4.69. The van der Waals surface area contributed by atoms with Crippen molar-refractivity contribution in [2.45, 2.75) is 30.7 Å². The number of benzene rings is 1. The van der Waals surface area contributed by atoms with Crippen LogP contribution in [0.4, 0.5) is 0 Å². The molecule has 20 heavy (non-hydrogen) atoms. The lowest BCUT2D eigenvalue weighted by molar-refractivity contribution is 0.0672. The number of hydrogen-bond acceptors (Lipinski definition) is 3. The summed E-state index contributed by atoms with van der Waals surface area (Å²) in [7, 11) is 2.13. The van der Waals surface area contributed by atoms with E-state index in [1.165, 1.54) is 0 Å². The highest BCUT2D eigenvalue weighted by Gasteiger charge is 2.27. The van der Waals surface area contributed by atoms with Crippen molar-refractivity contribution >= 4 is 34.5 Å². The molecule has 1 aromatic carbocycles. The predicted molar refractivity (Wildman–Crippen MR) is 88.6 cm³/mol. The van der Waals surface area contributed by atoms with Crippen molar-refractivity contribution < 1.29 is 4.79 Å². The number of hydrogen-bond donors (Lipinski definition) is 1. The van der Waals surface area contributed by atoms with Gasteiger partial charge in [0.15, 0.2) is 0 Å². The Bertz CT molecular complexity index is 495. The van der Waals surface area contributed by atoms with Crippen LogP contribution in [0.15, 0.2) is 27.6 Å². The maximum Gasteiger partial charge on any atom is 0.255 e. The first kappa shape index (κ1) is 15.9. The molecule has 1 aliphatic rings. The Labute approximate surface area is 134 Å². The molecule has 1 heterocycles. The van der Waals surface area contributed by atoms with Crippen LogP contribution in [0, 0.1) is 0 Å². The van der Waals surface area contributed by atoms with Gasteiger partial charge in [-0.05, 0) is 44.6 Å². The Hall–Kier alpha value is -0.520. The van der Waals surface area contributed by atoms with Crippen LogP contribution in [0.25, 0.3) is 0 Å². The van der Waals surface area contributed by atoms with E-state index in [-0.39, 0.29) is 11.9 Å². The lowest BCUT2D eigenvalue weighted by Gasteiger charge is -2.30. The van der Waals surface area contributed by atoms with Gasteiger partial charge >= 0.3 is 0 Å². The SMILES string of the molecule is CCC1CN(C)CCCN1C(=O)c1ccc(Br)cc1S. The van der Waals surface area contributed by atoms with Crippen LogP contribution in [0.1, 0.15) is 30.1 Å². The quantitative estimate of drug-likeness (QED) is 0.821. The van der Waals surface area contributed by atoms with Gasteiger partial charge < -0.3 is 9.80 Å². The molecular weight excluding hydrogens is 336 g/mol. The predicted octanol–water partition coefficient (Wildman–Crippen LogP) is 3.29. The summed E-state index contributed by atoms with van der Waals surface area (Å²) in [4.78, 5) is 17.9. The van der Waals surface area contributed by atoms with Crippen molar-refractivity contribution in [3.63, 3.8) is 0 Å². The van der Waals surface area contributed by atoms with Gasteiger partial charge in [-0.2, -0.15) is 0 Å². The molecule has 0 aromatic heterocycles. The Morgan fingerprint density at radius 2 is 2.20 bits per heavy atom. The van der Waals surface area contributed by atoms with Gasteiger partial charge in [0.25, 0.3) is 5.91 Å². The molecule has 110 valence electrons. The minimum Gasteiger partial charge on any atom is -0.334 e. The second-order valence-corrected chi connectivity index (χ2v) is 6.74. The smallest absolute Gasteiger partial charge is 0.255 e. The molecule has 1 aliphatic heterocycles. The number of likely N-dealkylation sites (N-methyl/N-ethyl adjacent to an activating group) is 1. The molecule has 0 saturated carbocycles. The summed E-state index contributed by atoms with van der Waals surface area (Å²) in [6.45, 7) is 4.97. The molecule has 1 atom stereocenters. The monoisotopic (exact) mass is 356 g/mol. The van der Waals surface area contributed by atoms with Crippen LogP contribution in [-0.2, 0) is 0 Å². The van der Waals surface area contributed by atoms with E-state index in [0.29, 0.717) is 5.56 Å².